The molecule has 0 saturated carbocycles. The van der Waals surface area contributed by atoms with Crippen molar-refractivity contribution in [3.8, 4) is 0 Å². The van der Waals surface area contributed by atoms with Crippen LogP contribution in [0.4, 0.5) is 10.5 Å². The Kier molecular flexibility index (Phi) is 8.67. The molecule has 31 heavy (non-hydrogen) atoms. The lowest BCUT2D eigenvalue weighted by Crippen LogP contribution is -2.44. The summed E-state index contributed by atoms with van der Waals surface area (Å²) in [5.74, 6) is -0.0759. The minimum atomic E-state index is -0.280. The molecule has 0 aliphatic heterocycles. The molecule has 3 aromatic rings. The van der Waals surface area contributed by atoms with Crippen molar-refractivity contribution in [3.63, 3.8) is 0 Å². The summed E-state index contributed by atoms with van der Waals surface area (Å²) < 4.78 is 0.800. The van der Waals surface area contributed by atoms with Crippen LogP contribution in [0.3, 0.4) is 0 Å². The van der Waals surface area contributed by atoms with Gasteiger partial charge in [0.05, 0.1) is 12.2 Å². The molecule has 0 aliphatic carbocycles. The van der Waals surface area contributed by atoms with Gasteiger partial charge in [-0.3, -0.25) is 4.79 Å². The summed E-state index contributed by atoms with van der Waals surface area (Å²) in [4.78, 5) is 30.7. The van der Waals surface area contributed by atoms with Crippen LogP contribution in [0.5, 0.6) is 0 Å². The number of hydrogen-bond acceptors (Lipinski definition) is 3. The Balaban J connectivity index is 1.73. The van der Waals surface area contributed by atoms with Gasteiger partial charge in [-0.05, 0) is 51.5 Å². The zero-order valence-electron chi connectivity index (χ0n) is 17.5. The van der Waals surface area contributed by atoms with Gasteiger partial charge in [-0.25, -0.2) is 4.79 Å². The number of para-hydroxylation sites is 1. The van der Waals surface area contributed by atoms with E-state index in [0.29, 0.717) is 25.3 Å². The number of amides is 3. The summed E-state index contributed by atoms with van der Waals surface area (Å²) in [6.45, 7) is 3.56. The average molecular weight is 500 g/mol. The van der Waals surface area contributed by atoms with Crippen LogP contribution in [-0.4, -0.2) is 34.8 Å². The standard InChI is InChI=1S/C24H26BrN3O2S/c1-2-14-27(24(30)26-22-13-7-6-12-21(22)25)18-23(29)28(17-20-11-8-15-31-20)16-19-9-4-3-5-10-19/h3-13,15H,2,14,16-18H2,1H3,(H,26,30). The van der Waals surface area contributed by atoms with E-state index in [1.54, 1.807) is 16.2 Å². The van der Waals surface area contributed by atoms with Crippen LogP contribution in [-0.2, 0) is 17.9 Å². The molecule has 7 heteroatoms. The Labute approximate surface area is 195 Å². The van der Waals surface area contributed by atoms with E-state index in [1.807, 2.05) is 83.9 Å². The Morgan fingerprint density at radius 1 is 0.935 bits per heavy atom. The average Bonchev–Trinajstić information content (AvgIpc) is 3.28. The molecule has 1 aromatic heterocycles. The van der Waals surface area contributed by atoms with E-state index in [2.05, 4.69) is 21.2 Å². The minimum absolute atomic E-state index is 0.0301. The topological polar surface area (TPSA) is 52.7 Å². The van der Waals surface area contributed by atoms with Gasteiger partial charge in [-0.1, -0.05) is 55.5 Å². The second kappa shape index (κ2) is 11.7. The Morgan fingerprint density at radius 2 is 1.68 bits per heavy atom. The number of urea groups is 1. The highest BCUT2D eigenvalue weighted by molar-refractivity contribution is 9.10. The minimum Gasteiger partial charge on any atom is -0.332 e. The lowest BCUT2D eigenvalue weighted by Gasteiger charge is -2.27. The predicted octanol–water partition coefficient (Wildman–Crippen LogP) is 5.98. The summed E-state index contributed by atoms with van der Waals surface area (Å²) in [6, 6.07) is 21.1. The van der Waals surface area contributed by atoms with Gasteiger partial charge in [0.15, 0.2) is 0 Å². The number of thiophene rings is 1. The van der Waals surface area contributed by atoms with Gasteiger partial charge in [-0.15, -0.1) is 11.3 Å². The molecule has 3 rings (SSSR count). The number of nitrogens with one attached hydrogen (secondary N) is 1. The van der Waals surface area contributed by atoms with Crippen molar-refractivity contribution >= 4 is 44.9 Å². The number of rotatable bonds is 9. The Hall–Kier alpha value is -2.64. The molecule has 1 heterocycles. The lowest BCUT2D eigenvalue weighted by molar-refractivity contribution is -0.133. The van der Waals surface area contributed by atoms with Gasteiger partial charge in [0.1, 0.15) is 6.54 Å². The van der Waals surface area contributed by atoms with E-state index in [9.17, 15) is 9.59 Å². The fourth-order valence-corrected chi connectivity index (χ4v) is 4.27. The maximum absolute atomic E-state index is 13.3. The normalized spacial score (nSPS) is 10.5. The predicted molar refractivity (Wildman–Crippen MR) is 130 cm³/mol. The highest BCUT2D eigenvalue weighted by Gasteiger charge is 2.22. The molecule has 0 fully saturated rings. The maximum atomic E-state index is 13.3. The van der Waals surface area contributed by atoms with Crippen molar-refractivity contribution in [3.05, 3.63) is 87.0 Å². The first-order valence-corrected chi connectivity index (χ1v) is 11.9. The third kappa shape index (κ3) is 6.94. The molecule has 0 aliphatic rings. The maximum Gasteiger partial charge on any atom is 0.322 e. The Bertz CT molecular complexity index is 980. The van der Waals surface area contributed by atoms with Crippen LogP contribution in [0.2, 0.25) is 0 Å². The molecule has 162 valence electrons. The summed E-state index contributed by atoms with van der Waals surface area (Å²) in [5.41, 5.74) is 1.74. The van der Waals surface area contributed by atoms with Gasteiger partial charge in [-0.2, -0.15) is 0 Å². The zero-order chi connectivity index (χ0) is 22.1. The molecular formula is C24H26BrN3O2S. The molecule has 3 amide bonds. The number of hydrogen-bond donors (Lipinski definition) is 1. The van der Waals surface area contributed by atoms with Crippen LogP contribution >= 0.6 is 27.3 Å². The SMILES string of the molecule is CCCN(CC(=O)N(Cc1ccccc1)Cc1cccs1)C(=O)Nc1ccccc1Br. The lowest BCUT2D eigenvalue weighted by atomic mass is 10.2. The van der Waals surface area contributed by atoms with Crippen molar-refractivity contribution in [2.75, 3.05) is 18.4 Å². The summed E-state index contributed by atoms with van der Waals surface area (Å²) in [5, 5.41) is 4.92. The van der Waals surface area contributed by atoms with Gasteiger partial charge < -0.3 is 15.1 Å². The van der Waals surface area contributed by atoms with Gasteiger partial charge in [0.2, 0.25) is 5.91 Å². The van der Waals surface area contributed by atoms with Crippen LogP contribution in [0, 0.1) is 0 Å². The molecule has 0 radical (unpaired) electrons. The van der Waals surface area contributed by atoms with Gasteiger partial charge in [0.25, 0.3) is 0 Å². The summed E-state index contributed by atoms with van der Waals surface area (Å²) >= 11 is 5.08. The molecule has 2 aromatic carbocycles. The number of carbonyl (C=O) groups excluding carboxylic acids is 2. The van der Waals surface area contributed by atoms with Crippen LogP contribution in [0.15, 0.2) is 76.6 Å². The highest BCUT2D eigenvalue weighted by Crippen LogP contribution is 2.22. The molecule has 0 unspecified atom stereocenters. The van der Waals surface area contributed by atoms with E-state index in [4.69, 9.17) is 0 Å². The van der Waals surface area contributed by atoms with Crippen molar-refractivity contribution in [1.82, 2.24) is 9.80 Å². The summed E-state index contributed by atoms with van der Waals surface area (Å²) in [7, 11) is 0. The van der Waals surface area contributed by atoms with Crippen molar-refractivity contribution in [2.45, 2.75) is 26.4 Å². The third-order valence-electron chi connectivity index (χ3n) is 4.72. The fourth-order valence-electron chi connectivity index (χ4n) is 3.17. The second-order valence-corrected chi connectivity index (χ2v) is 9.03. The van der Waals surface area contributed by atoms with E-state index < -0.39 is 0 Å². The first-order chi connectivity index (χ1) is 15.1. The molecule has 1 N–H and O–H groups in total. The number of halogens is 1. The third-order valence-corrected chi connectivity index (χ3v) is 6.27. The van der Waals surface area contributed by atoms with Crippen LogP contribution in [0.25, 0.3) is 0 Å². The Morgan fingerprint density at radius 3 is 2.35 bits per heavy atom. The smallest absolute Gasteiger partial charge is 0.322 e. The number of benzene rings is 2. The molecule has 5 nitrogen and oxygen atoms in total. The first-order valence-electron chi connectivity index (χ1n) is 10.2. The molecular weight excluding hydrogens is 474 g/mol. The molecule has 0 bridgehead atoms. The van der Waals surface area contributed by atoms with E-state index in [-0.39, 0.29) is 18.5 Å². The molecule has 0 spiro atoms. The van der Waals surface area contributed by atoms with E-state index in [0.717, 1.165) is 21.3 Å². The monoisotopic (exact) mass is 499 g/mol. The largest absolute Gasteiger partial charge is 0.332 e. The second-order valence-electron chi connectivity index (χ2n) is 7.15. The van der Waals surface area contributed by atoms with Crippen molar-refractivity contribution in [2.24, 2.45) is 0 Å². The van der Waals surface area contributed by atoms with Crippen LogP contribution in [0.1, 0.15) is 23.8 Å². The van der Waals surface area contributed by atoms with Gasteiger partial charge in [0, 0.05) is 22.4 Å². The number of anilines is 1. The number of carbonyl (C=O) groups is 2. The van der Waals surface area contributed by atoms with Crippen LogP contribution < -0.4 is 5.32 Å². The molecule has 0 saturated heterocycles. The highest BCUT2D eigenvalue weighted by atomic mass is 79.9. The zero-order valence-corrected chi connectivity index (χ0v) is 19.9. The summed E-state index contributed by atoms with van der Waals surface area (Å²) in [6.07, 6.45) is 0.764. The number of nitrogens with zero attached hydrogens (tertiary/aromatic N) is 2. The first kappa shape index (κ1) is 23.0. The van der Waals surface area contributed by atoms with Crippen molar-refractivity contribution in [1.29, 1.82) is 0 Å². The van der Waals surface area contributed by atoms with E-state index in [1.165, 1.54) is 0 Å². The van der Waals surface area contributed by atoms with Gasteiger partial charge >= 0.3 is 6.03 Å². The van der Waals surface area contributed by atoms with E-state index >= 15 is 0 Å². The van der Waals surface area contributed by atoms with Crippen molar-refractivity contribution < 1.29 is 9.59 Å². The quantitative estimate of drug-likeness (QED) is 0.393. The molecule has 0 atom stereocenters. The fraction of sp³-hybridized carbons (Fsp3) is 0.250.